The van der Waals surface area contributed by atoms with Crippen molar-refractivity contribution < 1.29 is 4.74 Å². The zero-order valence-corrected chi connectivity index (χ0v) is 11.4. The van der Waals surface area contributed by atoms with E-state index in [1.165, 1.54) is 25.0 Å². The van der Waals surface area contributed by atoms with Crippen LogP contribution in [0.25, 0.3) is 0 Å². The van der Waals surface area contributed by atoms with Crippen LogP contribution in [0.15, 0.2) is 12.5 Å². The van der Waals surface area contributed by atoms with Crippen LogP contribution in [-0.4, -0.2) is 28.8 Å². The quantitative estimate of drug-likeness (QED) is 0.756. The fourth-order valence-corrected chi connectivity index (χ4v) is 2.45. The molecular formula is C14H25N3O. The van der Waals surface area contributed by atoms with Crippen LogP contribution in [0.4, 0.5) is 0 Å². The van der Waals surface area contributed by atoms with Crippen molar-refractivity contribution >= 4 is 0 Å². The van der Waals surface area contributed by atoms with Crippen molar-refractivity contribution in [1.82, 2.24) is 14.9 Å². The van der Waals surface area contributed by atoms with Gasteiger partial charge in [0.2, 0.25) is 0 Å². The topological polar surface area (TPSA) is 39.1 Å². The molecule has 1 aliphatic rings. The predicted molar refractivity (Wildman–Crippen MR) is 72.4 cm³/mol. The summed E-state index contributed by atoms with van der Waals surface area (Å²) in [6.45, 7) is 6.14. The molecule has 1 unspecified atom stereocenters. The van der Waals surface area contributed by atoms with Crippen LogP contribution in [0, 0.1) is 0 Å². The van der Waals surface area contributed by atoms with Crippen molar-refractivity contribution in [3.05, 3.63) is 18.2 Å². The van der Waals surface area contributed by atoms with Gasteiger partial charge in [-0.3, -0.25) is 0 Å². The van der Waals surface area contributed by atoms with E-state index >= 15 is 0 Å². The molecule has 2 heterocycles. The van der Waals surface area contributed by atoms with E-state index in [9.17, 15) is 0 Å². The standard InChI is InChI=1S/C14H25N3O/c1-2-8-17-12-16-11-13(17)10-15-7-6-14-5-3-4-9-18-14/h11-12,14-15H,2-10H2,1H3. The number of hydrogen-bond acceptors (Lipinski definition) is 3. The molecule has 1 aromatic rings. The molecule has 1 aliphatic heterocycles. The van der Waals surface area contributed by atoms with Crippen LogP contribution in [0.3, 0.4) is 0 Å². The molecule has 2 rings (SSSR count). The molecule has 102 valence electrons. The Hall–Kier alpha value is -0.870. The summed E-state index contributed by atoms with van der Waals surface area (Å²) in [5, 5.41) is 3.49. The first-order valence-corrected chi connectivity index (χ1v) is 7.21. The fourth-order valence-electron chi connectivity index (χ4n) is 2.45. The summed E-state index contributed by atoms with van der Waals surface area (Å²) < 4.78 is 7.95. The normalized spacial score (nSPS) is 20.2. The smallest absolute Gasteiger partial charge is 0.0948 e. The minimum absolute atomic E-state index is 0.479. The maximum Gasteiger partial charge on any atom is 0.0948 e. The van der Waals surface area contributed by atoms with Gasteiger partial charge >= 0.3 is 0 Å². The van der Waals surface area contributed by atoms with E-state index < -0.39 is 0 Å². The highest BCUT2D eigenvalue weighted by atomic mass is 16.5. The molecule has 0 bridgehead atoms. The van der Waals surface area contributed by atoms with Crippen LogP contribution < -0.4 is 5.32 Å². The molecule has 0 aliphatic carbocycles. The summed E-state index contributed by atoms with van der Waals surface area (Å²) in [4.78, 5) is 4.21. The van der Waals surface area contributed by atoms with E-state index in [4.69, 9.17) is 4.74 Å². The van der Waals surface area contributed by atoms with Gasteiger partial charge in [0.15, 0.2) is 0 Å². The molecule has 0 saturated carbocycles. The van der Waals surface area contributed by atoms with Crippen molar-refractivity contribution in [3.63, 3.8) is 0 Å². The molecule has 1 N–H and O–H groups in total. The fraction of sp³-hybridized carbons (Fsp3) is 0.786. The van der Waals surface area contributed by atoms with Crippen LogP contribution in [0.5, 0.6) is 0 Å². The summed E-state index contributed by atoms with van der Waals surface area (Å²) in [7, 11) is 0. The third-order valence-electron chi connectivity index (χ3n) is 3.49. The predicted octanol–water partition coefficient (Wildman–Crippen LogP) is 2.34. The molecular weight excluding hydrogens is 226 g/mol. The largest absolute Gasteiger partial charge is 0.378 e. The molecule has 0 amide bonds. The summed E-state index contributed by atoms with van der Waals surface area (Å²) in [6.07, 6.45) is 10.4. The average Bonchev–Trinajstić information content (AvgIpc) is 2.84. The highest BCUT2D eigenvalue weighted by molar-refractivity contribution is 4.97. The van der Waals surface area contributed by atoms with Gasteiger partial charge in [0, 0.05) is 25.9 Å². The van der Waals surface area contributed by atoms with Gasteiger partial charge in [-0.05, 0) is 38.6 Å². The summed E-state index contributed by atoms with van der Waals surface area (Å²) in [6, 6.07) is 0. The second-order valence-corrected chi connectivity index (χ2v) is 5.03. The Morgan fingerprint density at radius 2 is 2.44 bits per heavy atom. The summed E-state index contributed by atoms with van der Waals surface area (Å²) in [5.41, 5.74) is 1.28. The highest BCUT2D eigenvalue weighted by Gasteiger charge is 2.12. The molecule has 1 atom stereocenters. The molecule has 0 aromatic carbocycles. The molecule has 1 saturated heterocycles. The zero-order chi connectivity index (χ0) is 12.6. The number of imidazole rings is 1. The van der Waals surface area contributed by atoms with Gasteiger partial charge < -0.3 is 14.6 Å². The minimum Gasteiger partial charge on any atom is -0.378 e. The number of rotatable bonds is 7. The van der Waals surface area contributed by atoms with Crippen LogP contribution in [0.1, 0.15) is 44.7 Å². The van der Waals surface area contributed by atoms with Crippen molar-refractivity contribution in [2.75, 3.05) is 13.2 Å². The van der Waals surface area contributed by atoms with Crippen molar-refractivity contribution in [2.24, 2.45) is 0 Å². The second kappa shape index (κ2) is 7.54. The number of aryl methyl sites for hydroxylation is 1. The number of ether oxygens (including phenoxy) is 1. The molecule has 0 radical (unpaired) electrons. The Kier molecular flexibility index (Phi) is 5.68. The Balaban J connectivity index is 1.63. The molecule has 18 heavy (non-hydrogen) atoms. The Bertz CT molecular complexity index is 332. The van der Waals surface area contributed by atoms with Gasteiger partial charge in [-0.25, -0.2) is 4.98 Å². The summed E-state index contributed by atoms with van der Waals surface area (Å²) in [5.74, 6) is 0. The van der Waals surface area contributed by atoms with Crippen LogP contribution >= 0.6 is 0 Å². The van der Waals surface area contributed by atoms with Crippen molar-refractivity contribution in [1.29, 1.82) is 0 Å². The van der Waals surface area contributed by atoms with Gasteiger partial charge in [0.05, 0.1) is 18.1 Å². The van der Waals surface area contributed by atoms with Gasteiger partial charge in [-0.1, -0.05) is 6.92 Å². The summed E-state index contributed by atoms with van der Waals surface area (Å²) >= 11 is 0. The Labute approximate surface area is 110 Å². The lowest BCUT2D eigenvalue weighted by atomic mass is 10.1. The van der Waals surface area contributed by atoms with E-state index in [-0.39, 0.29) is 0 Å². The Morgan fingerprint density at radius 1 is 1.50 bits per heavy atom. The zero-order valence-electron chi connectivity index (χ0n) is 11.4. The lowest BCUT2D eigenvalue weighted by Gasteiger charge is -2.22. The van der Waals surface area contributed by atoms with Gasteiger partial charge in [-0.15, -0.1) is 0 Å². The molecule has 0 spiro atoms. The maximum atomic E-state index is 5.72. The molecule has 1 aromatic heterocycles. The number of aromatic nitrogens is 2. The van der Waals surface area contributed by atoms with E-state index in [0.29, 0.717) is 6.10 Å². The monoisotopic (exact) mass is 251 g/mol. The van der Waals surface area contributed by atoms with Gasteiger partial charge in [0.25, 0.3) is 0 Å². The second-order valence-electron chi connectivity index (χ2n) is 5.03. The van der Waals surface area contributed by atoms with Gasteiger partial charge in [0.1, 0.15) is 0 Å². The lowest BCUT2D eigenvalue weighted by molar-refractivity contribution is 0.0115. The number of nitrogens with one attached hydrogen (secondary N) is 1. The van der Waals surface area contributed by atoms with Crippen molar-refractivity contribution in [3.8, 4) is 0 Å². The number of nitrogens with zero attached hydrogens (tertiary/aromatic N) is 2. The first kappa shape index (κ1) is 13.6. The van der Waals surface area contributed by atoms with Crippen LogP contribution in [-0.2, 0) is 17.8 Å². The third kappa shape index (κ3) is 4.10. The molecule has 4 heteroatoms. The molecule has 1 fully saturated rings. The molecule has 4 nitrogen and oxygen atoms in total. The van der Waals surface area contributed by atoms with E-state index in [2.05, 4.69) is 21.8 Å². The first-order chi connectivity index (χ1) is 8.90. The highest BCUT2D eigenvalue weighted by Crippen LogP contribution is 2.14. The van der Waals surface area contributed by atoms with E-state index in [0.717, 1.165) is 39.1 Å². The van der Waals surface area contributed by atoms with Gasteiger partial charge in [-0.2, -0.15) is 0 Å². The maximum absolute atomic E-state index is 5.72. The van der Waals surface area contributed by atoms with E-state index in [1.54, 1.807) is 0 Å². The van der Waals surface area contributed by atoms with Crippen LogP contribution in [0.2, 0.25) is 0 Å². The SMILES string of the molecule is CCCn1cncc1CNCCC1CCCCO1. The first-order valence-electron chi connectivity index (χ1n) is 7.21. The third-order valence-corrected chi connectivity index (χ3v) is 3.49. The van der Waals surface area contributed by atoms with Crippen molar-refractivity contribution in [2.45, 2.75) is 58.2 Å². The number of hydrogen-bond donors (Lipinski definition) is 1. The lowest BCUT2D eigenvalue weighted by Crippen LogP contribution is -2.25. The van der Waals surface area contributed by atoms with E-state index in [1.807, 2.05) is 12.5 Å². The average molecular weight is 251 g/mol. The Morgan fingerprint density at radius 3 is 3.22 bits per heavy atom. The minimum atomic E-state index is 0.479.